The zero-order valence-corrected chi connectivity index (χ0v) is 16.7. The molecule has 1 amide bonds. The maximum Gasteiger partial charge on any atom is 0.226 e. The Labute approximate surface area is 167 Å². The smallest absolute Gasteiger partial charge is 0.226 e. The zero-order valence-electron chi connectivity index (χ0n) is 16.7. The van der Waals surface area contributed by atoms with E-state index in [0.29, 0.717) is 23.8 Å². The largest absolute Gasteiger partial charge is 0.352 e. The van der Waals surface area contributed by atoms with Crippen LogP contribution >= 0.6 is 0 Å². The third-order valence-corrected chi connectivity index (χ3v) is 9.94. The van der Waals surface area contributed by atoms with E-state index in [9.17, 15) is 4.79 Å². The van der Waals surface area contributed by atoms with Gasteiger partial charge in [-0.1, -0.05) is 0 Å². The van der Waals surface area contributed by atoms with Crippen LogP contribution in [0.1, 0.15) is 70.6 Å². The summed E-state index contributed by atoms with van der Waals surface area (Å²) in [4.78, 5) is 18.1. The minimum absolute atomic E-state index is 0.0436. The number of hydrogen-bond acceptors (Lipinski definition) is 3. The minimum Gasteiger partial charge on any atom is -0.352 e. The van der Waals surface area contributed by atoms with Crippen LogP contribution < -0.4 is 5.32 Å². The number of aromatic nitrogens is 3. The number of carbonyl (C=O) groups excluding carboxylic acids is 1. The quantitative estimate of drug-likeness (QED) is 0.873. The molecule has 5 nitrogen and oxygen atoms in total. The van der Waals surface area contributed by atoms with Crippen molar-refractivity contribution in [3.8, 4) is 0 Å². The molecule has 8 saturated carbocycles. The van der Waals surface area contributed by atoms with Crippen molar-refractivity contribution in [1.29, 1.82) is 0 Å². The van der Waals surface area contributed by atoms with Crippen LogP contribution in [0.2, 0.25) is 0 Å². The first kappa shape index (κ1) is 16.4. The molecule has 150 valence electrons. The lowest BCUT2D eigenvalue weighted by atomic mass is 9.46. The normalized spacial score (nSPS) is 52.9. The van der Waals surface area contributed by atoms with Crippen LogP contribution in [0.15, 0.2) is 12.7 Å². The summed E-state index contributed by atoms with van der Waals surface area (Å²) in [6, 6.07) is 0.468. The van der Waals surface area contributed by atoms with Crippen molar-refractivity contribution in [3.05, 3.63) is 12.7 Å². The van der Waals surface area contributed by atoms with Crippen LogP contribution in [-0.2, 0) is 10.3 Å². The molecule has 1 heterocycles. The third-order valence-electron chi connectivity index (χ3n) is 9.94. The molecule has 1 aromatic heterocycles. The van der Waals surface area contributed by atoms with Crippen LogP contribution in [0.4, 0.5) is 0 Å². The van der Waals surface area contributed by atoms with Crippen molar-refractivity contribution in [3.63, 3.8) is 0 Å². The van der Waals surface area contributed by atoms with Gasteiger partial charge >= 0.3 is 0 Å². The summed E-state index contributed by atoms with van der Waals surface area (Å²) in [6.07, 6.45) is 17.4. The Balaban J connectivity index is 1.17. The summed E-state index contributed by atoms with van der Waals surface area (Å²) in [5.74, 6) is 5.24. The molecular formula is C23H32N4O. The van der Waals surface area contributed by atoms with Crippen LogP contribution in [0.25, 0.3) is 0 Å². The number of hydrogen-bond donors (Lipinski definition) is 1. The van der Waals surface area contributed by atoms with Gasteiger partial charge in [-0.25, -0.2) is 9.67 Å². The second-order valence-electron chi connectivity index (χ2n) is 11.7. The van der Waals surface area contributed by atoms with E-state index in [4.69, 9.17) is 0 Å². The molecule has 2 unspecified atom stereocenters. The summed E-state index contributed by atoms with van der Waals surface area (Å²) >= 11 is 0. The predicted octanol–water partition coefficient (Wildman–Crippen LogP) is 3.51. The van der Waals surface area contributed by atoms with E-state index < -0.39 is 0 Å². The summed E-state index contributed by atoms with van der Waals surface area (Å²) < 4.78 is 2.12. The molecular weight excluding hydrogens is 348 g/mol. The van der Waals surface area contributed by atoms with E-state index in [1.807, 2.05) is 6.33 Å². The summed E-state index contributed by atoms with van der Waals surface area (Å²) in [5, 5.41) is 8.24. The van der Waals surface area contributed by atoms with Gasteiger partial charge in [0.25, 0.3) is 0 Å². The molecule has 1 N–H and O–H groups in total. The number of nitrogens with one attached hydrogen (secondary N) is 1. The fraction of sp³-hybridized carbons (Fsp3) is 0.870. The number of rotatable bonds is 3. The van der Waals surface area contributed by atoms with Gasteiger partial charge < -0.3 is 5.32 Å². The highest BCUT2D eigenvalue weighted by molar-refractivity contribution is 5.83. The molecule has 8 fully saturated rings. The fourth-order valence-corrected chi connectivity index (χ4v) is 9.67. The molecule has 8 aliphatic rings. The Bertz CT molecular complexity index is 760. The van der Waals surface area contributed by atoms with Gasteiger partial charge in [-0.2, -0.15) is 5.10 Å². The fourth-order valence-electron chi connectivity index (χ4n) is 9.67. The molecule has 0 aromatic carbocycles. The van der Waals surface area contributed by atoms with E-state index in [1.165, 1.54) is 51.4 Å². The molecule has 1 aromatic rings. The van der Waals surface area contributed by atoms with Crippen molar-refractivity contribution in [2.45, 2.75) is 82.2 Å². The van der Waals surface area contributed by atoms with Crippen LogP contribution in [0.3, 0.4) is 0 Å². The molecule has 5 heteroatoms. The second kappa shape index (κ2) is 5.40. The number of nitrogens with zero attached hydrogens (tertiary/aromatic N) is 3. The van der Waals surface area contributed by atoms with Crippen LogP contribution in [0, 0.1) is 40.9 Å². The van der Waals surface area contributed by atoms with Crippen molar-refractivity contribution in [1.82, 2.24) is 20.1 Å². The van der Waals surface area contributed by atoms with Crippen molar-refractivity contribution < 1.29 is 4.79 Å². The monoisotopic (exact) mass is 380 g/mol. The Morgan fingerprint density at radius 3 is 2.14 bits per heavy atom. The van der Waals surface area contributed by atoms with Gasteiger partial charge in [-0.05, 0) is 106 Å². The molecule has 0 aliphatic heterocycles. The number of amides is 1. The summed E-state index contributed by atoms with van der Waals surface area (Å²) in [7, 11) is 0. The van der Waals surface area contributed by atoms with Crippen molar-refractivity contribution in [2.75, 3.05) is 0 Å². The lowest BCUT2D eigenvalue weighted by Gasteiger charge is -2.61. The van der Waals surface area contributed by atoms with Gasteiger partial charge in [0, 0.05) is 6.04 Å². The van der Waals surface area contributed by atoms with E-state index in [2.05, 4.69) is 20.1 Å². The lowest BCUT2D eigenvalue weighted by Crippen LogP contribution is -2.64. The minimum atomic E-state index is -0.148. The van der Waals surface area contributed by atoms with Gasteiger partial charge in [0.2, 0.25) is 5.91 Å². The first-order valence-corrected chi connectivity index (χ1v) is 11.8. The van der Waals surface area contributed by atoms with Gasteiger partial charge in [0.05, 0.1) is 11.0 Å². The third kappa shape index (κ3) is 2.16. The molecule has 8 bridgehead atoms. The lowest BCUT2D eigenvalue weighted by molar-refractivity contribution is -0.159. The maximum absolute atomic E-state index is 13.8. The average Bonchev–Trinajstić information content (AvgIpc) is 3.18. The highest BCUT2D eigenvalue weighted by Crippen LogP contribution is 2.64. The predicted molar refractivity (Wildman–Crippen MR) is 104 cm³/mol. The summed E-state index contributed by atoms with van der Waals surface area (Å²) in [5.41, 5.74) is -0.104. The molecule has 8 aliphatic carbocycles. The molecule has 0 saturated heterocycles. The molecule has 0 radical (unpaired) electrons. The zero-order chi connectivity index (χ0) is 18.5. The maximum atomic E-state index is 13.8. The Morgan fingerprint density at radius 2 is 1.54 bits per heavy atom. The topological polar surface area (TPSA) is 59.8 Å². The first-order chi connectivity index (χ1) is 13.6. The Morgan fingerprint density at radius 1 is 0.893 bits per heavy atom. The van der Waals surface area contributed by atoms with Crippen LogP contribution in [0.5, 0.6) is 0 Å². The van der Waals surface area contributed by atoms with Gasteiger partial charge in [-0.15, -0.1) is 0 Å². The molecule has 4 atom stereocenters. The highest BCUT2D eigenvalue weighted by atomic mass is 16.2. The van der Waals surface area contributed by atoms with Crippen molar-refractivity contribution >= 4 is 5.91 Å². The number of carbonyl (C=O) groups is 1. The Hall–Kier alpha value is -1.39. The first-order valence-electron chi connectivity index (χ1n) is 11.8. The van der Waals surface area contributed by atoms with Gasteiger partial charge in [0.1, 0.15) is 12.7 Å². The Kier molecular flexibility index (Phi) is 3.16. The highest BCUT2D eigenvalue weighted by Gasteiger charge is 2.62. The second-order valence-corrected chi connectivity index (χ2v) is 11.7. The van der Waals surface area contributed by atoms with Crippen molar-refractivity contribution in [2.24, 2.45) is 40.9 Å². The van der Waals surface area contributed by atoms with E-state index in [-0.39, 0.29) is 11.0 Å². The van der Waals surface area contributed by atoms with E-state index in [1.54, 1.807) is 6.33 Å². The van der Waals surface area contributed by atoms with Crippen LogP contribution in [-0.4, -0.2) is 26.7 Å². The molecule has 9 rings (SSSR count). The molecule has 28 heavy (non-hydrogen) atoms. The average molecular weight is 381 g/mol. The van der Waals surface area contributed by atoms with E-state index in [0.717, 1.165) is 42.9 Å². The standard InChI is InChI=1S/C23H32N4O/c28-21(26-20-18-3-14-1-15(5-18)6-19(20)4-14)22-7-16-2-17(8-22)10-23(9-16,11-22)27-13-24-12-25-27/h12-20H,1-11H2,(H,26,28)/t14?,15?,16-,17+,18?,19?,20?,22?,23?. The molecule has 0 spiro atoms. The van der Waals surface area contributed by atoms with E-state index >= 15 is 0 Å². The summed E-state index contributed by atoms with van der Waals surface area (Å²) in [6.45, 7) is 0. The van der Waals surface area contributed by atoms with Gasteiger partial charge in [-0.3, -0.25) is 4.79 Å². The van der Waals surface area contributed by atoms with Gasteiger partial charge in [0.15, 0.2) is 0 Å². The SMILES string of the molecule is O=C(NC1C2CC3CC(C2)CC1C3)C12C[C@H]3C[C@@H](C1)CC(n1cncn1)(C3)C2.